The maximum absolute atomic E-state index is 11.8. The van der Waals surface area contributed by atoms with Gasteiger partial charge in [-0.3, -0.25) is 0 Å². The van der Waals surface area contributed by atoms with Gasteiger partial charge in [-0.05, 0) is 37.4 Å². The third kappa shape index (κ3) is 7.92. The third-order valence-corrected chi connectivity index (χ3v) is 7.88. The van der Waals surface area contributed by atoms with Crippen molar-refractivity contribution >= 4 is 8.32 Å². The van der Waals surface area contributed by atoms with Crippen LogP contribution in [0.15, 0.2) is 12.2 Å². The summed E-state index contributed by atoms with van der Waals surface area (Å²) in [7, 11) is -1.70. The summed E-state index contributed by atoms with van der Waals surface area (Å²) in [4.78, 5) is 0. The van der Waals surface area contributed by atoms with E-state index >= 15 is 0 Å². The van der Waals surface area contributed by atoms with E-state index in [9.17, 15) is 13.2 Å². The molecule has 0 aliphatic rings. The fraction of sp³-hybridized carbons (Fsp3) is 0.846. The predicted octanol–water partition coefficient (Wildman–Crippen LogP) is 5.30. The van der Waals surface area contributed by atoms with Gasteiger partial charge in [0.15, 0.2) is 8.32 Å². The van der Waals surface area contributed by atoms with Gasteiger partial charge in [0, 0.05) is 12.7 Å². The molecule has 0 saturated carbocycles. The maximum atomic E-state index is 11.8. The molecule has 18 heavy (non-hydrogen) atoms. The number of alkyl halides is 3. The lowest BCUT2D eigenvalue weighted by atomic mass is 10.2. The molecule has 0 aromatic carbocycles. The molecule has 5 heteroatoms. The van der Waals surface area contributed by atoms with Crippen molar-refractivity contribution in [3.8, 4) is 0 Å². The Morgan fingerprint density at radius 2 is 1.61 bits per heavy atom. The molecule has 0 atom stereocenters. The van der Waals surface area contributed by atoms with Crippen LogP contribution in [-0.2, 0) is 4.43 Å². The van der Waals surface area contributed by atoms with Crippen molar-refractivity contribution in [1.29, 1.82) is 0 Å². The molecule has 0 amide bonds. The Hall–Kier alpha value is -0.293. The zero-order chi connectivity index (χ0) is 14.4. The first-order valence-corrected chi connectivity index (χ1v) is 9.25. The number of unbranched alkanes of at least 4 members (excludes halogenated alkanes) is 2. The first kappa shape index (κ1) is 17.7. The Labute approximate surface area is 110 Å². The molecule has 1 nitrogen and oxygen atoms in total. The molecule has 0 aromatic rings. The van der Waals surface area contributed by atoms with Crippen molar-refractivity contribution in [2.45, 2.75) is 64.3 Å². The van der Waals surface area contributed by atoms with Crippen LogP contribution in [0.25, 0.3) is 0 Å². The molecule has 0 spiro atoms. The molecule has 0 radical (unpaired) electrons. The summed E-state index contributed by atoms with van der Waals surface area (Å²) in [5.41, 5.74) is 0. The molecule has 0 bridgehead atoms. The summed E-state index contributed by atoms with van der Waals surface area (Å²) in [6, 6.07) is 0. The molecule has 0 fully saturated rings. The lowest BCUT2D eigenvalue weighted by molar-refractivity contribution is -0.0800. The molecule has 0 heterocycles. The summed E-state index contributed by atoms with van der Waals surface area (Å²) < 4.78 is 41.4. The molecule has 0 aliphatic carbocycles. The van der Waals surface area contributed by atoms with Crippen molar-refractivity contribution in [2.24, 2.45) is 0 Å². The van der Waals surface area contributed by atoms with Crippen molar-refractivity contribution in [1.82, 2.24) is 0 Å². The van der Waals surface area contributed by atoms with Gasteiger partial charge in [-0.15, -0.1) is 0 Å². The van der Waals surface area contributed by atoms with E-state index in [-0.39, 0.29) is 5.04 Å². The smallest absolute Gasteiger partial charge is 0.409 e. The number of halogens is 3. The predicted molar refractivity (Wildman–Crippen MR) is 72.2 cm³/mol. The van der Waals surface area contributed by atoms with Crippen molar-refractivity contribution in [3.05, 3.63) is 12.2 Å². The van der Waals surface area contributed by atoms with Gasteiger partial charge >= 0.3 is 6.18 Å². The molecular weight excluding hydrogens is 257 g/mol. The molecular formula is C13H25F3OSi. The second-order valence-corrected chi connectivity index (χ2v) is 10.9. The highest BCUT2D eigenvalue weighted by Crippen LogP contribution is 2.36. The zero-order valence-electron chi connectivity index (χ0n) is 12.0. The first-order chi connectivity index (χ1) is 7.96. The Balaban J connectivity index is 3.73. The van der Waals surface area contributed by atoms with Crippen LogP contribution >= 0.6 is 0 Å². The van der Waals surface area contributed by atoms with E-state index in [0.29, 0.717) is 19.1 Å². The zero-order valence-corrected chi connectivity index (χ0v) is 13.0. The topological polar surface area (TPSA) is 9.23 Å². The van der Waals surface area contributed by atoms with E-state index in [1.54, 1.807) is 0 Å². The van der Waals surface area contributed by atoms with Gasteiger partial charge < -0.3 is 4.43 Å². The molecule has 0 aliphatic heterocycles. The first-order valence-electron chi connectivity index (χ1n) is 6.34. The fourth-order valence-corrected chi connectivity index (χ4v) is 2.21. The largest absolute Gasteiger partial charge is 0.417 e. The molecule has 0 rings (SSSR count). The van der Waals surface area contributed by atoms with E-state index in [0.717, 1.165) is 12.8 Å². The molecule has 108 valence electrons. The average molecular weight is 282 g/mol. The highest BCUT2D eigenvalue weighted by molar-refractivity contribution is 6.74. The van der Waals surface area contributed by atoms with Gasteiger partial charge in [0.25, 0.3) is 0 Å². The minimum Gasteiger partial charge on any atom is -0.417 e. The quantitative estimate of drug-likeness (QED) is 0.365. The van der Waals surface area contributed by atoms with Gasteiger partial charge in [0.2, 0.25) is 0 Å². The summed E-state index contributed by atoms with van der Waals surface area (Å²) in [6.07, 6.45) is -0.679. The van der Waals surface area contributed by atoms with E-state index < -0.39 is 14.5 Å². The lowest BCUT2D eigenvalue weighted by Crippen LogP contribution is -2.40. The maximum Gasteiger partial charge on any atom is 0.409 e. The summed E-state index contributed by atoms with van der Waals surface area (Å²) in [5.74, 6) is 0. The Kier molecular flexibility index (Phi) is 6.64. The summed E-state index contributed by atoms with van der Waals surface area (Å²) in [5, 5.41) is 0.184. The fourth-order valence-electron chi connectivity index (χ4n) is 1.13. The number of hydrogen-bond acceptors (Lipinski definition) is 1. The van der Waals surface area contributed by atoms with Crippen LogP contribution in [0.2, 0.25) is 18.1 Å². The second-order valence-electron chi connectivity index (χ2n) is 6.05. The lowest BCUT2D eigenvalue weighted by Gasteiger charge is -2.36. The Morgan fingerprint density at radius 3 is 2.06 bits per heavy atom. The summed E-state index contributed by atoms with van der Waals surface area (Å²) >= 11 is 0. The summed E-state index contributed by atoms with van der Waals surface area (Å²) in [6.45, 7) is 11.5. The van der Waals surface area contributed by atoms with Crippen molar-refractivity contribution in [2.75, 3.05) is 6.61 Å². The van der Waals surface area contributed by atoms with Gasteiger partial charge in [-0.2, -0.15) is 13.2 Å². The van der Waals surface area contributed by atoms with Crippen molar-refractivity contribution < 1.29 is 17.6 Å². The standard InChI is InChI=1S/C13H25F3OSi/c1-12(2,3)18(4,5)17-11-9-7-6-8-10-13(14,15)16/h8,10H,6-7,9,11H2,1-5H3/b10-8+. The van der Waals surface area contributed by atoms with Gasteiger partial charge in [-0.25, -0.2) is 0 Å². The van der Waals surface area contributed by atoms with E-state index in [1.807, 2.05) is 0 Å². The van der Waals surface area contributed by atoms with Crippen LogP contribution in [0.4, 0.5) is 13.2 Å². The third-order valence-electron chi connectivity index (χ3n) is 3.34. The average Bonchev–Trinajstić information content (AvgIpc) is 2.12. The monoisotopic (exact) mass is 282 g/mol. The highest BCUT2D eigenvalue weighted by Gasteiger charge is 2.36. The normalized spacial score (nSPS) is 14.4. The van der Waals surface area contributed by atoms with Crippen LogP contribution < -0.4 is 0 Å². The Morgan fingerprint density at radius 1 is 1.06 bits per heavy atom. The van der Waals surface area contributed by atoms with Crippen LogP contribution in [0.5, 0.6) is 0 Å². The molecule has 0 unspecified atom stereocenters. The number of allylic oxidation sites excluding steroid dienone is 2. The minimum absolute atomic E-state index is 0.184. The van der Waals surface area contributed by atoms with Crippen LogP contribution in [0.1, 0.15) is 40.0 Å². The van der Waals surface area contributed by atoms with E-state index in [1.165, 1.54) is 6.08 Å². The van der Waals surface area contributed by atoms with Gasteiger partial charge in [0.1, 0.15) is 0 Å². The van der Waals surface area contributed by atoms with E-state index in [4.69, 9.17) is 4.43 Å². The van der Waals surface area contributed by atoms with Gasteiger partial charge in [-0.1, -0.05) is 26.8 Å². The van der Waals surface area contributed by atoms with E-state index in [2.05, 4.69) is 33.9 Å². The molecule has 0 N–H and O–H groups in total. The minimum atomic E-state index is -4.18. The van der Waals surface area contributed by atoms with Gasteiger partial charge in [0.05, 0.1) is 0 Å². The molecule has 0 saturated heterocycles. The van der Waals surface area contributed by atoms with Crippen LogP contribution in [-0.4, -0.2) is 21.1 Å². The molecule has 0 aromatic heterocycles. The van der Waals surface area contributed by atoms with Crippen LogP contribution in [0, 0.1) is 0 Å². The SMILES string of the molecule is CC(C)(C)[Si](C)(C)OCCCC/C=C/C(F)(F)F. The Bertz CT molecular complexity index is 264. The number of hydrogen-bond donors (Lipinski definition) is 0. The highest BCUT2D eigenvalue weighted by atomic mass is 28.4. The number of rotatable bonds is 6. The second kappa shape index (κ2) is 6.75. The van der Waals surface area contributed by atoms with Crippen LogP contribution in [0.3, 0.4) is 0 Å². The van der Waals surface area contributed by atoms with Crippen molar-refractivity contribution in [3.63, 3.8) is 0 Å².